The van der Waals surface area contributed by atoms with Crippen LogP contribution in [-0.2, 0) is 18.9 Å². The molecule has 23 nitrogen and oxygen atoms in total. The molecular weight excluding hydrogens is 1060 g/mol. The summed E-state index contributed by atoms with van der Waals surface area (Å²) in [5, 5.41) is 38.3. The number of carboxylic acid groups (broad SMARTS) is 1. The lowest BCUT2D eigenvalue weighted by Crippen LogP contribution is -2.57. The number of anilines is 4. The Morgan fingerprint density at radius 3 is 1.52 bits per heavy atom. The predicted molar refractivity (Wildman–Crippen MR) is 302 cm³/mol. The molecule has 6 saturated heterocycles. The van der Waals surface area contributed by atoms with Crippen molar-refractivity contribution in [3.63, 3.8) is 0 Å². The second-order valence-electron chi connectivity index (χ2n) is 20.7. The molecule has 6 aliphatic heterocycles. The third kappa shape index (κ3) is 14.7. The molecule has 0 aliphatic carbocycles. The number of amides is 1. The summed E-state index contributed by atoms with van der Waals surface area (Å²) >= 11 is 0. The van der Waals surface area contributed by atoms with E-state index in [1.54, 1.807) is 42.5 Å². The van der Waals surface area contributed by atoms with Gasteiger partial charge in [-0.3, -0.25) is 4.79 Å². The summed E-state index contributed by atoms with van der Waals surface area (Å²) < 4.78 is 44.5. The van der Waals surface area contributed by atoms with E-state index in [4.69, 9.17) is 37.9 Å². The standard InChI is InChI=1S/C30H32N6O5.C23H21N5O5.C7H13NO/c1-38-29-24(30(37)36-21-3-2-4-22(36)17-40-16-21)6-8-27(35-29)34-28-14-25(32-18-33-28)19-5-7-26(20(13-19)15-31)41-23-9-11-39-12-10-23;1-31-22-17(23(29)30)3-5-20(28-22)27-21-11-18(25-13-26-21)14-2-4-19(15(10-14)12-24)33-16-6-8-32-9-7-16;1-2-6-4-9-5-7(3-1)8-6/h5-8,13-14,18,21-23H,2-4,9-12,16-17H2,1H3,(H,32,33,34,35);2-5,10-11,13,16H,6-9H2,1H3,(H,29,30)(H,25,26,27,28);6-8H,1-5H2. The molecule has 4 N–H and O–H groups in total. The van der Waals surface area contributed by atoms with Crippen LogP contribution in [0.5, 0.6) is 23.3 Å². The summed E-state index contributed by atoms with van der Waals surface area (Å²) in [6.45, 7) is 5.64. The minimum Gasteiger partial charge on any atom is -0.489 e. The minimum absolute atomic E-state index is 0.0134. The molecular formula is C60H66N12O11. The number of rotatable bonds is 14. The Kier molecular flexibility index (Phi) is 19.4. The van der Waals surface area contributed by atoms with Gasteiger partial charge in [0.15, 0.2) is 0 Å². The molecule has 0 saturated carbocycles. The monoisotopic (exact) mass is 1130 g/mol. The van der Waals surface area contributed by atoms with E-state index >= 15 is 0 Å². The van der Waals surface area contributed by atoms with Crippen LogP contribution in [0.15, 0.2) is 85.5 Å². The Hall–Kier alpha value is -8.58. The zero-order valence-corrected chi connectivity index (χ0v) is 46.3. The highest BCUT2D eigenvalue weighted by molar-refractivity contribution is 5.97. The predicted octanol–water partition coefficient (Wildman–Crippen LogP) is 8.06. The van der Waals surface area contributed by atoms with Gasteiger partial charge in [-0.25, -0.2) is 24.7 Å². The maximum atomic E-state index is 13.5. The van der Waals surface area contributed by atoms with Gasteiger partial charge in [0.1, 0.15) is 82.9 Å². The Balaban J connectivity index is 0.000000163. The molecule has 4 aromatic heterocycles. The molecule has 23 heteroatoms. The maximum Gasteiger partial charge on any atom is 0.341 e. The molecule has 12 rings (SSSR count). The topological polar surface area (TPSA) is 292 Å². The minimum atomic E-state index is -1.13. The van der Waals surface area contributed by atoms with Gasteiger partial charge >= 0.3 is 5.97 Å². The van der Waals surface area contributed by atoms with Crippen LogP contribution in [0.1, 0.15) is 96.1 Å². The molecule has 6 aromatic rings. The number of aromatic carboxylic acids is 1. The first kappa shape index (κ1) is 57.6. The van der Waals surface area contributed by atoms with Crippen molar-refractivity contribution in [1.82, 2.24) is 40.1 Å². The Bertz CT molecular complexity index is 3270. The van der Waals surface area contributed by atoms with Crippen molar-refractivity contribution in [1.29, 1.82) is 10.5 Å². The van der Waals surface area contributed by atoms with Gasteiger partial charge in [0, 0.05) is 61.0 Å². The van der Waals surface area contributed by atoms with Crippen LogP contribution in [0.2, 0.25) is 0 Å². The fourth-order valence-electron chi connectivity index (χ4n) is 10.8. The van der Waals surface area contributed by atoms with Crippen molar-refractivity contribution in [3.8, 4) is 57.9 Å². The largest absolute Gasteiger partial charge is 0.489 e. The quantitative estimate of drug-likeness (QED) is 0.0801. The van der Waals surface area contributed by atoms with E-state index in [1.165, 1.54) is 58.3 Å². The van der Waals surface area contributed by atoms with E-state index in [0.29, 0.717) is 115 Å². The summed E-state index contributed by atoms with van der Waals surface area (Å²) in [7, 11) is 2.86. The Labute approximate surface area is 480 Å². The van der Waals surface area contributed by atoms with E-state index in [2.05, 4.69) is 58.0 Å². The summed E-state index contributed by atoms with van der Waals surface area (Å²) in [5.74, 6) is 1.90. The van der Waals surface area contributed by atoms with Crippen LogP contribution < -0.4 is 34.9 Å². The van der Waals surface area contributed by atoms with Crippen molar-refractivity contribution in [2.75, 3.05) is 77.7 Å². The number of nitriles is 2. The smallest absolute Gasteiger partial charge is 0.341 e. The van der Waals surface area contributed by atoms with Gasteiger partial charge in [0.2, 0.25) is 11.8 Å². The third-order valence-corrected chi connectivity index (χ3v) is 15.1. The summed E-state index contributed by atoms with van der Waals surface area (Å²) in [6.07, 6.45) is 13.1. The lowest BCUT2D eigenvalue weighted by Gasteiger charge is -2.45. The number of benzene rings is 2. The molecule has 2 aromatic carbocycles. The van der Waals surface area contributed by atoms with Crippen LogP contribution in [-0.4, -0.2) is 155 Å². The van der Waals surface area contributed by atoms with E-state index in [-0.39, 0.29) is 47.5 Å². The first-order chi connectivity index (χ1) is 40.6. The molecule has 6 fully saturated rings. The average molecular weight is 1130 g/mol. The maximum absolute atomic E-state index is 13.5. The van der Waals surface area contributed by atoms with E-state index in [1.807, 2.05) is 23.1 Å². The molecule has 4 atom stereocenters. The normalized spacial score (nSPS) is 20.3. The number of piperidine rings is 2. The number of morpholine rings is 2. The van der Waals surface area contributed by atoms with E-state index in [9.17, 15) is 25.2 Å². The number of nitrogens with zero attached hydrogens (tertiary/aromatic N) is 9. The molecule has 4 unspecified atom stereocenters. The van der Waals surface area contributed by atoms with Crippen molar-refractivity contribution in [2.45, 2.75) is 101 Å². The van der Waals surface area contributed by atoms with Crippen molar-refractivity contribution in [2.24, 2.45) is 0 Å². The van der Waals surface area contributed by atoms with Crippen LogP contribution in [0, 0.1) is 22.7 Å². The Morgan fingerprint density at radius 1 is 0.578 bits per heavy atom. The van der Waals surface area contributed by atoms with Crippen molar-refractivity contribution in [3.05, 3.63) is 108 Å². The lowest BCUT2D eigenvalue weighted by molar-refractivity contribution is -0.0567. The first-order valence-corrected chi connectivity index (χ1v) is 28.0. The zero-order chi connectivity index (χ0) is 57.5. The van der Waals surface area contributed by atoms with Crippen molar-refractivity contribution < 1.29 is 52.6 Å². The summed E-state index contributed by atoms with van der Waals surface area (Å²) in [6, 6.07) is 26.6. The SMILES string of the molecule is C1CC2COCC(C1)N2.COc1nc(Nc2cc(-c3ccc(OC4CCOCC4)c(C#N)c3)ncn2)ccc1C(=O)N1C2CCCC1COC2.COc1nc(Nc2cc(-c3ccc(OC4CCOCC4)c(C#N)c3)ncn2)ccc1C(=O)O. The van der Waals surface area contributed by atoms with Gasteiger partial charge in [-0.2, -0.15) is 20.5 Å². The van der Waals surface area contributed by atoms with Crippen molar-refractivity contribution >= 4 is 35.1 Å². The van der Waals surface area contributed by atoms with Gasteiger partial charge in [-0.05, 0) is 92.8 Å². The third-order valence-electron chi connectivity index (χ3n) is 15.1. The van der Waals surface area contributed by atoms with E-state index < -0.39 is 5.97 Å². The summed E-state index contributed by atoms with van der Waals surface area (Å²) in [4.78, 5) is 52.6. The lowest BCUT2D eigenvalue weighted by atomic mass is 9.93. The number of pyridine rings is 2. The number of ether oxygens (including phenoxy) is 8. The van der Waals surface area contributed by atoms with Crippen LogP contribution >= 0.6 is 0 Å². The number of carbonyl (C=O) groups excluding carboxylic acids is 1. The molecule has 0 radical (unpaired) electrons. The van der Waals surface area contributed by atoms with Gasteiger partial charge in [-0.1, -0.05) is 6.42 Å². The molecule has 83 heavy (non-hydrogen) atoms. The number of carboxylic acids is 1. The van der Waals surface area contributed by atoms with E-state index in [0.717, 1.165) is 69.3 Å². The second-order valence-corrected chi connectivity index (χ2v) is 20.7. The molecule has 1 amide bonds. The number of hydrogen-bond donors (Lipinski definition) is 4. The van der Waals surface area contributed by atoms with Crippen LogP contribution in [0.4, 0.5) is 23.3 Å². The first-order valence-electron chi connectivity index (χ1n) is 28.0. The van der Waals surface area contributed by atoms with Gasteiger partial charge in [0.25, 0.3) is 5.91 Å². The highest BCUT2D eigenvalue weighted by atomic mass is 16.5. The highest BCUT2D eigenvalue weighted by Crippen LogP contribution is 2.34. The van der Waals surface area contributed by atoms with Gasteiger partial charge < -0.3 is 63.9 Å². The highest BCUT2D eigenvalue weighted by Gasteiger charge is 2.39. The number of carbonyl (C=O) groups is 2. The van der Waals surface area contributed by atoms with Crippen LogP contribution in [0.3, 0.4) is 0 Å². The number of methoxy groups -OCH3 is 2. The summed E-state index contributed by atoms with van der Waals surface area (Å²) in [5.41, 5.74) is 3.95. The molecule has 432 valence electrons. The fraction of sp³-hybridized carbons (Fsp3) is 0.433. The number of nitrogens with one attached hydrogen (secondary N) is 3. The average Bonchev–Trinajstić information content (AvgIpc) is 3.66. The second kappa shape index (κ2) is 27.9. The van der Waals surface area contributed by atoms with Gasteiger partial charge in [-0.15, -0.1) is 0 Å². The Morgan fingerprint density at radius 2 is 1.05 bits per heavy atom. The molecule has 4 bridgehead atoms. The molecule has 10 heterocycles. The zero-order valence-electron chi connectivity index (χ0n) is 46.3. The fourth-order valence-corrected chi connectivity index (χ4v) is 10.8. The van der Waals surface area contributed by atoms with Crippen LogP contribution in [0.25, 0.3) is 22.5 Å². The number of fused-ring (bicyclic) bond motifs is 4. The number of hydrogen-bond acceptors (Lipinski definition) is 21. The number of aromatic nitrogens is 6. The molecule has 6 aliphatic rings. The molecule has 0 spiro atoms. The van der Waals surface area contributed by atoms with Gasteiger partial charge in [0.05, 0.1) is 102 Å².